The average molecular weight is 913 g/mol. The summed E-state index contributed by atoms with van der Waals surface area (Å²) in [6, 6.07) is 0. The summed E-state index contributed by atoms with van der Waals surface area (Å²) >= 11 is 0. The Hall–Kier alpha value is -1.39. The summed E-state index contributed by atoms with van der Waals surface area (Å²) in [5.74, 6) is -0.983. The first kappa shape index (κ1) is 49.0. The zero-order valence-electron chi connectivity index (χ0n) is 38.7. The third kappa shape index (κ3) is 7.23. The van der Waals surface area contributed by atoms with Crippen molar-refractivity contribution in [2.45, 2.75) is 211 Å². The van der Waals surface area contributed by atoms with E-state index in [1.807, 2.05) is 13.8 Å². The van der Waals surface area contributed by atoms with Gasteiger partial charge in [-0.15, -0.1) is 0 Å². The maximum Gasteiger partial charge on any atom is 0.315 e. The molecular formula is C47H76O17. The molecule has 8 rings (SSSR count). The van der Waals surface area contributed by atoms with Crippen LogP contribution in [-0.4, -0.2) is 168 Å². The van der Waals surface area contributed by atoms with E-state index in [0.29, 0.717) is 32.1 Å². The number of allylic oxidation sites excluding steroid dienone is 1. The first-order valence-corrected chi connectivity index (χ1v) is 23.7. The van der Waals surface area contributed by atoms with Crippen LogP contribution < -0.4 is 0 Å². The topological polar surface area (TPSA) is 275 Å². The summed E-state index contributed by atoms with van der Waals surface area (Å²) < 4.78 is 36.1. The van der Waals surface area contributed by atoms with Crippen molar-refractivity contribution in [3.63, 3.8) is 0 Å². The van der Waals surface area contributed by atoms with Gasteiger partial charge < -0.3 is 79.5 Å². The molecule has 17 nitrogen and oxygen atoms in total. The molecule has 7 fully saturated rings. The quantitative estimate of drug-likeness (QED) is 0.0960. The molecule has 17 heteroatoms. The fourth-order valence-electron chi connectivity index (χ4n) is 14.9. The van der Waals surface area contributed by atoms with Gasteiger partial charge in [-0.05, 0) is 111 Å². The van der Waals surface area contributed by atoms with Gasteiger partial charge in [-0.2, -0.15) is 0 Å². The molecule has 0 radical (unpaired) electrons. The molecule has 10 N–H and O–H groups in total. The summed E-state index contributed by atoms with van der Waals surface area (Å²) in [6.07, 6.45) is -12.0. The minimum absolute atomic E-state index is 0.144. The Kier molecular flexibility index (Phi) is 13.0. The lowest BCUT2D eigenvalue weighted by Crippen LogP contribution is -2.68. The fourth-order valence-corrected chi connectivity index (χ4v) is 14.9. The molecule has 0 unspecified atom stereocenters. The summed E-state index contributed by atoms with van der Waals surface area (Å²) in [5.41, 5.74) is -2.62. The van der Waals surface area contributed by atoms with E-state index in [9.17, 15) is 55.9 Å². The van der Waals surface area contributed by atoms with Crippen LogP contribution in [0.2, 0.25) is 0 Å². The number of carbonyl (C=O) groups is 1. The second-order valence-corrected chi connectivity index (χ2v) is 22.7. The first-order chi connectivity index (χ1) is 29.8. The fraction of sp³-hybridized carbons (Fsp3) is 0.936. The highest BCUT2D eigenvalue weighted by molar-refractivity contribution is 5.79. The Labute approximate surface area is 376 Å². The molecule has 5 aliphatic carbocycles. The summed E-state index contributed by atoms with van der Waals surface area (Å²) in [5, 5.41) is 107. The molecular weight excluding hydrogens is 836 g/mol. The summed E-state index contributed by atoms with van der Waals surface area (Å²) in [4.78, 5) is 14.7. The molecule has 0 bridgehead atoms. The van der Waals surface area contributed by atoms with Crippen molar-refractivity contribution in [2.24, 2.45) is 50.7 Å². The smallest absolute Gasteiger partial charge is 0.315 e. The molecule has 3 heterocycles. The van der Waals surface area contributed by atoms with Gasteiger partial charge in [0.15, 0.2) is 12.6 Å². The van der Waals surface area contributed by atoms with Gasteiger partial charge in [-0.1, -0.05) is 53.2 Å². The largest absolute Gasteiger partial charge is 0.432 e. The Bertz CT molecular complexity index is 1760. The molecule has 24 atom stereocenters. The second-order valence-electron chi connectivity index (χ2n) is 22.7. The van der Waals surface area contributed by atoms with Crippen LogP contribution in [0.3, 0.4) is 0 Å². The molecule has 0 aromatic carbocycles. The highest BCUT2D eigenvalue weighted by Crippen LogP contribution is 2.76. The maximum absolute atomic E-state index is 14.7. The van der Waals surface area contributed by atoms with E-state index >= 15 is 0 Å². The van der Waals surface area contributed by atoms with Crippen LogP contribution >= 0.6 is 0 Å². The molecule has 3 aliphatic heterocycles. The molecule has 0 amide bonds. The lowest BCUT2D eigenvalue weighted by molar-refractivity contribution is -0.364. The van der Waals surface area contributed by atoms with E-state index < -0.39 is 126 Å². The summed E-state index contributed by atoms with van der Waals surface area (Å²) in [7, 11) is 0. The van der Waals surface area contributed by atoms with Crippen LogP contribution in [0.1, 0.15) is 113 Å². The molecule has 0 aromatic heterocycles. The lowest BCUT2D eigenvalue weighted by atomic mass is 9.33. The van der Waals surface area contributed by atoms with Crippen molar-refractivity contribution in [3.05, 3.63) is 11.6 Å². The van der Waals surface area contributed by atoms with E-state index in [0.717, 1.165) is 31.3 Å². The Morgan fingerprint density at radius 1 is 0.719 bits per heavy atom. The van der Waals surface area contributed by atoms with Crippen LogP contribution in [0.15, 0.2) is 11.6 Å². The van der Waals surface area contributed by atoms with E-state index in [2.05, 4.69) is 40.7 Å². The van der Waals surface area contributed by atoms with Crippen LogP contribution in [0, 0.1) is 50.7 Å². The molecule has 0 aromatic rings. The zero-order chi connectivity index (χ0) is 46.9. The van der Waals surface area contributed by atoms with Crippen molar-refractivity contribution in [2.75, 3.05) is 13.2 Å². The summed E-state index contributed by atoms with van der Waals surface area (Å²) in [6.45, 7) is 16.0. The molecule has 0 spiro atoms. The van der Waals surface area contributed by atoms with Crippen molar-refractivity contribution >= 4 is 5.97 Å². The highest BCUT2D eigenvalue weighted by atomic mass is 16.8. The average Bonchev–Trinajstić information content (AvgIpc) is 3.24. The number of fused-ring (bicyclic) bond motifs is 7. The molecule has 3 saturated heterocycles. The van der Waals surface area contributed by atoms with Crippen LogP contribution in [-0.2, 0) is 33.2 Å². The number of hydrogen-bond acceptors (Lipinski definition) is 17. The maximum atomic E-state index is 14.7. The number of ether oxygens (including phenoxy) is 6. The number of rotatable bonds is 7. The van der Waals surface area contributed by atoms with Crippen molar-refractivity contribution in [3.8, 4) is 0 Å². The molecule has 366 valence electrons. The second kappa shape index (κ2) is 16.9. The normalized spacial score (nSPS) is 56.1. The Morgan fingerprint density at radius 3 is 2.08 bits per heavy atom. The minimum Gasteiger partial charge on any atom is -0.432 e. The van der Waals surface area contributed by atoms with Gasteiger partial charge >= 0.3 is 5.97 Å². The highest BCUT2D eigenvalue weighted by Gasteiger charge is 2.72. The van der Waals surface area contributed by atoms with Gasteiger partial charge in [0.05, 0.1) is 36.4 Å². The predicted octanol–water partition coefficient (Wildman–Crippen LogP) is 0.778. The van der Waals surface area contributed by atoms with Crippen LogP contribution in [0.5, 0.6) is 0 Å². The van der Waals surface area contributed by atoms with E-state index in [1.54, 1.807) is 0 Å². The third-order valence-corrected chi connectivity index (χ3v) is 19.3. The van der Waals surface area contributed by atoms with Crippen molar-refractivity contribution < 1.29 is 84.3 Å². The molecule has 8 aliphatic rings. The number of carbonyl (C=O) groups excluding carboxylic acids is 1. The third-order valence-electron chi connectivity index (χ3n) is 19.3. The number of esters is 1. The Morgan fingerprint density at radius 2 is 1.39 bits per heavy atom. The predicted molar refractivity (Wildman–Crippen MR) is 224 cm³/mol. The first-order valence-electron chi connectivity index (χ1n) is 23.7. The lowest BCUT2D eigenvalue weighted by Gasteiger charge is -2.72. The SMILES string of the molecule is C[C@@H]1O[C@@H](O[C@H]2[C@H](O[C@H]3CC[C@]4(C)[C@H]5CC=C6[C@@H]7[C@](C(=O)O[C@@H]8O[C@H](CO)[C@@H](O)[C@H](O)[C@H]8O)(CC[C@@H](C)[C@@]7(C)O)CC[C@@]6(C)[C@]5(C)CC[C@H]4C3(C)C)OC[C@H](O)[C@@H]2O)[C@H](O)[C@H](O)[C@H]1O. The van der Waals surface area contributed by atoms with Gasteiger partial charge in [-0.25, -0.2) is 0 Å². The molecule has 64 heavy (non-hydrogen) atoms. The van der Waals surface area contributed by atoms with E-state index in [4.69, 9.17) is 28.4 Å². The monoisotopic (exact) mass is 913 g/mol. The van der Waals surface area contributed by atoms with Gasteiger partial charge in [0.1, 0.15) is 61.0 Å². The molecule has 4 saturated carbocycles. The van der Waals surface area contributed by atoms with Gasteiger partial charge in [0.25, 0.3) is 0 Å². The number of aliphatic hydroxyl groups is 10. The Balaban J connectivity index is 1.05. The van der Waals surface area contributed by atoms with Crippen LogP contribution in [0.4, 0.5) is 0 Å². The standard InChI is InChI=1S/C47H76O17/c1-21-11-16-47(41(57)64-39-35(56)33(54)31(52)25(19-48)61-39)18-17-44(6)23(37(47)46(21,8)58)9-10-27-43(5)14-13-28(42(3,4)26(43)12-15-45(27,44)7)62-40-36(30(51)24(49)20-59-40)63-38-34(55)32(53)29(50)22(2)60-38/h9,21-22,24-40,48-56,58H,10-20H2,1-8H3/t21-,22+,24+,25-,26+,27-,28+,29+,30+,31-,32-,33+,34-,35-,36-,37+,38+,39+,40+,43+,44-,45-,46-,47+/m1/s1. The van der Waals surface area contributed by atoms with Crippen LogP contribution in [0.25, 0.3) is 0 Å². The van der Waals surface area contributed by atoms with E-state index in [-0.39, 0.29) is 41.3 Å². The van der Waals surface area contributed by atoms with Crippen molar-refractivity contribution in [1.82, 2.24) is 0 Å². The number of aliphatic hydroxyl groups excluding tert-OH is 9. The van der Waals surface area contributed by atoms with Crippen molar-refractivity contribution in [1.29, 1.82) is 0 Å². The minimum atomic E-state index is -1.74. The zero-order valence-corrected chi connectivity index (χ0v) is 38.7. The van der Waals surface area contributed by atoms with Gasteiger partial charge in [-0.3, -0.25) is 4.79 Å². The van der Waals surface area contributed by atoms with Gasteiger partial charge in [0.2, 0.25) is 6.29 Å². The van der Waals surface area contributed by atoms with E-state index in [1.165, 1.54) is 6.92 Å². The number of hydrogen-bond donors (Lipinski definition) is 10. The van der Waals surface area contributed by atoms with Gasteiger partial charge in [0, 0.05) is 5.92 Å².